The zero-order valence-corrected chi connectivity index (χ0v) is 8.84. The van der Waals surface area contributed by atoms with Crippen LogP contribution in [-0.2, 0) is 0 Å². The molecule has 0 aliphatic heterocycles. The van der Waals surface area contributed by atoms with Gasteiger partial charge in [-0.15, -0.1) is 11.3 Å². The SMILES string of the molecule is CCC(N)=Nc1ccc2sccc2c1. The van der Waals surface area contributed by atoms with Crippen molar-refractivity contribution in [2.45, 2.75) is 13.3 Å². The lowest BCUT2D eigenvalue weighted by Gasteiger charge is -1.97. The van der Waals surface area contributed by atoms with Gasteiger partial charge >= 0.3 is 0 Å². The minimum absolute atomic E-state index is 0.680. The van der Waals surface area contributed by atoms with Crippen LogP contribution in [0, 0.1) is 0 Å². The number of hydrogen-bond donors (Lipinski definition) is 1. The second-order valence-corrected chi connectivity index (χ2v) is 4.05. The summed E-state index contributed by atoms with van der Waals surface area (Å²) in [5.41, 5.74) is 6.62. The van der Waals surface area contributed by atoms with Crippen molar-refractivity contribution in [2.24, 2.45) is 10.7 Å². The maximum atomic E-state index is 5.68. The van der Waals surface area contributed by atoms with Crippen LogP contribution in [0.1, 0.15) is 13.3 Å². The summed E-state index contributed by atoms with van der Waals surface area (Å²) >= 11 is 1.74. The summed E-state index contributed by atoms with van der Waals surface area (Å²) in [5.74, 6) is 0.680. The van der Waals surface area contributed by atoms with Crippen LogP contribution in [0.15, 0.2) is 34.6 Å². The van der Waals surface area contributed by atoms with Gasteiger partial charge in [-0.3, -0.25) is 0 Å². The van der Waals surface area contributed by atoms with Gasteiger partial charge in [0.05, 0.1) is 11.5 Å². The summed E-state index contributed by atoms with van der Waals surface area (Å²) in [5, 5.41) is 3.32. The van der Waals surface area contributed by atoms with Crippen molar-refractivity contribution in [3.05, 3.63) is 29.6 Å². The quantitative estimate of drug-likeness (QED) is 0.591. The van der Waals surface area contributed by atoms with Crippen LogP contribution in [0.3, 0.4) is 0 Å². The number of aliphatic imine (C=N–C) groups is 1. The first-order chi connectivity index (χ1) is 6.79. The summed E-state index contributed by atoms with van der Waals surface area (Å²) in [4.78, 5) is 4.31. The molecule has 1 aromatic heterocycles. The molecule has 0 unspecified atom stereocenters. The molecule has 0 aliphatic rings. The summed E-state index contributed by atoms with van der Waals surface area (Å²) in [6.07, 6.45) is 0.793. The van der Waals surface area contributed by atoms with Crippen LogP contribution in [-0.4, -0.2) is 5.84 Å². The number of benzene rings is 1. The molecule has 0 saturated heterocycles. The first kappa shape index (κ1) is 9.21. The van der Waals surface area contributed by atoms with Crippen LogP contribution in [0.4, 0.5) is 5.69 Å². The van der Waals surface area contributed by atoms with E-state index in [0.717, 1.165) is 12.1 Å². The standard InChI is InChI=1S/C11H12N2S/c1-2-11(12)13-9-3-4-10-8(7-9)5-6-14-10/h3-7H,2H2,1H3,(H2,12,13). The molecule has 1 heterocycles. The number of nitrogens with zero attached hydrogens (tertiary/aromatic N) is 1. The summed E-state index contributed by atoms with van der Waals surface area (Å²) in [6.45, 7) is 2.00. The molecular weight excluding hydrogens is 192 g/mol. The Morgan fingerprint density at radius 1 is 1.43 bits per heavy atom. The normalized spacial score (nSPS) is 12.2. The van der Waals surface area contributed by atoms with Crippen LogP contribution >= 0.6 is 11.3 Å². The number of nitrogens with two attached hydrogens (primary N) is 1. The highest BCUT2D eigenvalue weighted by Gasteiger charge is 1.96. The minimum atomic E-state index is 0.680. The Hall–Kier alpha value is -1.35. The van der Waals surface area contributed by atoms with E-state index < -0.39 is 0 Å². The van der Waals surface area contributed by atoms with E-state index in [-0.39, 0.29) is 0 Å². The average Bonchev–Trinajstić information content (AvgIpc) is 2.64. The minimum Gasteiger partial charge on any atom is -0.387 e. The van der Waals surface area contributed by atoms with Gasteiger partial charge in [0, 0.05) is 11.1 Å². The molecule has 0 spiro atoms. The van der Waals surface area contributed by atoms with Crippen LogP contribution in [0.2, 0.25) is 0 Å². The molecule has 2 N–H and O–H groups in total. The Balaban J connectivity index is 2.44. The van der Waals surface area contributed by atoms with E-state index in [9.17, 15) is 0 Å². The maximum absolute atomic E-state index is 5.68. The number of thiophene rings is 1. The van der Waals surface area contributed by atoms with Crippen LogP contribution in [0.5, 0.6) is 0 Å². The first-order valence-corrected chi connectivity index (χ1v) is 5.48. The number of amidine groups is 1. The zero-order valence-electron chi connectivity index (χ0n) is 8.03. The third kappa shape index (κ3) is 1.77. The van der Waals surface area contributed by atoms with Gasteiger partial charge in [-0.05, 0) is 35.0 Å². The Kier molecular flexibility index (Phi) is 2.50. The Bertz CT molecular complexity index is 471. The third-order valence-corrected chi connectivity index (χ3v) is 2.97. The van der Waals surface area contributed by atoms with Crippen molar-refractivity contribution in [1.29, 1.82) is 0 Å². The molecule has 0 saturated carbocycles. The van der Waals surface area contributed by atoms with Crippen molar-refractivity contribution >= 4 is 32.9 Å². The van der Waals surface area contributed by atoms with E-state index in [4.69, 9.17) is 5.73 Å². The van der Waals surface area contributed by atoms with Crippen molar-refractivity contribution in [1.82, 2.24) is 0 Å². The van der Waals surface area contributed by atoms with E-state index in [1.54, 1.807) is 11.3 Å². The number of hydrogen-bond acceptors (Lipinski definition) is 2. The molecule has 0 atom stereocenters. The molecule has 0 amide bonds. The fraction of sp³-hybridized carbons (Fsp3) is 0.182. The van der Waals surface area contributed by atoms with Crippen LogP contribution in [0.25, 0.3) is 10.1 Å². The highest BCUT2D eigenvalue weighted by atomic mass is 32.1. The van der Waals surface area contributed by atoms with Gasteiger partial charge in [0.2, 0.25) is 0 Å². The molecule has 14 heavy (non-hydrogen) atoms. The van der Waals surface area contributed by atoms with Gasteiger partial charge in [-0.25, -0.2) is 4.99 Å². The van der Waals surface area contributed by atoms with Gasteiger partial charge in [0.15, 0.2) is 0 Å². The summed E-state index contributed by atoms with van der Waals surface area (Å²) in [7, 11) is 0. The smallest absolute Gasteiger partial charge is 0.0993 e. The van der Waals surface area contributed by atoms with Gasteiger partial charge in [0.25, 0.3) is 0 Å². The molecule has 0 aliphatic carbocycles. The highest BCUT2D eigenvalue weighted by molar-refractivity contribution is 7.17. The number of fused-ring (bicyclic) bond motifs is 1. The summed E-state index contributed by atoms with van der Waals surface area (Å²) < 4.78 is 1.29. The second kappa shape index (κ2) is 3.80. The predicted molar refractivity (Wildman–Crippen MR) is 63.4 cm³/mol. The van der Waals surface area contributed by atoms with Gasteiger partial charge in [-0.1, -0.05) is 6.92 Å². The van der Waals surface area contributed by atoms with Gasteiger partial charge < -0.3 is 5.73 Å². The Labute approximate surface area is 87.1 Å². The van der Waals surface area contributed by atoms with Crippen molar-refractivity contribution < 1.29 is 0 Å². The van der Waals surface area contributed by atoms with Gasteiger partial charge in [0.1, 0.15) is 0 Å². The van der Waals surface area contributed by atoms with E-state index in [1.807, 2.05) is 13.0 Å². The van der Waals surface area contributed by atoms with Crippen LogP contribution < -0.4 is 5.73 Å². The lowest BCUT2D eigenvalue weighted by atomic mass is 10.2. The average molecular weight is 204 g/mol. The fourth-order valence-corrected chi connectivity index (χ4v) is 2.04. The number of rotatable bonds is 2. The highest BCUT2D eigenvalue weighted by Crippen LogP contribution is 2.25. The topological polar surface area (TPSA) is 38.4 Å². The molecule has 2 nitrogen and oxygen atoms in total. The largest absolute Gasteiger partial charge is 0.387 e. The molecule has 3 heteroatoms. The van der Waals surface area contributed by atoms with E-state index in [2.05, 4.69) is 28.6 Å². The van der Waals surface area contributed by atoms with E-state index in [0.29, 0.717) is 5.84 Å². The zero-order chi connectivity index (χ0) is 9.97. The molecule has 0 bridgehead atoms. The predicted octanol–water partition coefficient (Wildman–Crippen LogP) is 3.30. The first-order valence-electron chi connectivity index (χ1n) is 4.60. The van der Waals surface area contributed by atoms with Gasteiger partial charge in [-0.2, -0.15) is 0 Å². The van der Waals surface area contributed by atoms with Crippen molar-refractivity contribution in [3.63, 3.8) is 0 Å². The second-order valence-electron chi connectivity index (χ2n) is 3.10. The Morgan fingerprint density at radius 3 is 3.07 bits per heavy atom. The molecule has 0 fully saturated rings. The molecular formula is C11H12N2S. The lowest BCUT2D eigenvalue weighted by molar-refractivity contribution is 1.24. The molecule has 72 valence electrons. The fourth-order valence-electron chi connectivity index (χ4n) is 1.27. The summed E-state index contributed by atoms with van der Waals surface area (Å²) in [6, 6.07) is 8.25. The third-order valence-electron chi connectivity index (χ3n) is 2.07. The van der Waals surface area contributed by atoms with E-state index in [1.165, 1.54) is 10.1 Å². The monoisotopic (exact) mass is 204 g/mol. The molecule has 2 aromatic rings. The maximum Gasteiger partial charge on any atom is 0.0993 e. The molecule has 2 rings (SSSR count). The Morgan fingerprint density at radius 2 is 2.29 bits per heavy atom. The molecule has 0 radical (unpaired) electrons. The van der Waals surface area contributed by atoms with Crippen molar-refractivity contribution in [3.8, 4) is 0 Å². The van der Waals surface area contributed by atoms with E-state index >= 15 is 0 Å². The molecule has 1 aromatic carbocycles. The lowest BCUT2D eigenvalue weighted by Crippen LogP contribution is -2.08. The van der Waals surface area contributed by atoms with Crippen molar-refractivity contribution in [2.75, 3.05) is 0 Å².